The van der Waals surface area contributed by atoms with E-state index in [4.69, 9.17) is 23.2 Å². The van der Waals surface area contributed by atoms with E-state index >= 15 is 0 Å². The maximum Gasteiger partial charge on any atom is 0.247 e. The highest BCUT2D eigenvalue weighted by Crippen LogP contribution is 2.34. The molecule has 0 unspecified atom stereocenters. The predicted molar refractivity (Wildman–Crippen MR) is 97.9 cm³/mol. The van der Waals surface area contributed by atoms with Crippen LogP contribution in [-0.2, 0) is 7.05 Å². The van der Waals surface area contributed by atoms with E-state index in [9.17, 15) is 0 Å². The van der Waals surface area contributed by atoms with Crippen LogP contribution in [0, 0.1) is 0 Å². The van der Waals surface area contributed by atoms with Gasteiger partial charge in [0.25, 0.3) is 0 Å². The van der Waals surface area contributed by atoms with Crippen LogP contribution in [0.15, 0.2) is 53.0 Å². The molecule has 10 heteroatoms. The monoisotopic (exact) mass is 391 g/mol. The molecule has 0 radical (unpaired) electrons. The number of hydrogen-bond acceptors (Lipinski definition) is 6. The molecule has 0 amide bonds. The third-order valence-electron chi connectivity index (χ3n) is 3.38. The van der Waals surface area contributed by atoms with Gasteiger partial charge >= 0.3 is 0 Å². The summed E-state index contributed by atoms with van der Waals surface area (Å²) in [6.45, 7) is 0. The first-order chi connectivity index (χ1) is 12.1. The predicted octanol–water partition coefficient (Wildman–Crippen LogP) is 4.06. The number of aromatic nitrogens is 6. The van der Waals surface area contributed by atoms with E-state index in [1.807, 2.05) is 36.0 Å². The number of halogens is 2. The van der Waals surface area contributed by atoms with Gasteiger partial charge in [-0.1, -0.05) is 35.0 Å². The summed E-state index contributed by atoms with van der Waals surface area (Å²) >= 11 is 13.9. The van der Waals surface area contributed by atoms with E-state index in [0.29, 0.717) is 21.8 Å². The molecule has 0 aliphatic rings. The third-order valence-corrected chi connectivity index (χ3v) is 5.22. The van der Waals surface area contributed by atoms with Crippen LogP contribution in [0.2, 0.25) is 10.2 Å². The number of benzene rings is 1. The van der Waals surface area contributed by atoms with Crippen molar-refractivity contribution in [2.24, 2.45) is 7.05 Å². The minimum absolute atomic E-state index is 0.294. The van der Waals surface area contributed by atoms with Gasteiger partial charge in [0, 0.05) is 42.4 Å². The molecule has 0 atom stereocenters. The lowest BCUT2D eigenvalue weighted by Gasteiger charge is -2.07. The molecule has 4 rings (SSSR count). The molecule has 0 aliphatic carbocycles. The van der Waals surface area contributed by atoms with Gasteiger partial charge in [-0.3, -0.25) is 0 Å². The highest BCUT2D eigenvalue weighted by Gasteiger charge is 2.10. The normalized spacial score (nSPS) is 11.2. The van der Waals surface area contributed by atoms with E-state index in [0.717, 1.165) is 15.7 Å². The topological polar surface area (TPSA) is 72.9 Å². The number of aryl methyl sites for hydroxylation is 1. The Kier molecular flexibility index (Phi) is 4.24. The molecule has 4 aromatic rings. The fraction of sp³-hybridized carbons (Fsp3) is 0.0667. The number of anilines is 2. The molecule has 126 valence electrons. The summed E-state index contributed by atoms with van der Waals surface area (Å²) < 4.78 is 3.50. The Morgan fingerprint density at radius 1 is 1.12 bits per heavy atom. The van der Waals surface area contributed by atoms with Crippen LogP contribution in [0.5, 0.6) is 0 Å². The number of fused-ring (bicyclic) bond motifs is 1. The Hall–Kier alpha value is -2.29. The van der Waals surface area contributed by atoms with E-state index in [1.54, 1.807) is 23.1 Å². The lowest BCUT2D eigenvalue weighted by molar-refractivity contribution is 0.790. The summed E-state index contributed by atoms with van der Waals surface area (Å²) in [5, 5.41) is 9.19. The lowest BCUT2D eigenvalue weighted by Crippen LogP contribution is -1.94. The minimum Gasteiger partial charge on any atom is -0.329 e. The van der Waals surface area contributed by atoms with Crippen LogP contribution < -0.4 is 5.32 Å². The molecule has 7 nitrogen and oxygen atoms in total. The molecule has 1 N–H and O–H groups in total. The summed E-state index contributed by atoms with van der Waals surface area (Å²) in [6.07, 6.45) is 6.88. The second-order valence-corrected chi connectivity index (χ2v) is 6.89. The molecule has 0 fully saturated rings. The quantitative estimate of drug-likeness (QED) is 0.565. The minimum atomic E-state index is 0.294. The molecule has 0 spiro atoms. The zero-order chi connectivity index (χ0) is 17.4. The van der Waals surface area contributed by atoms with Crippen LogP contribution in [-0.4, -0.2) is 29.1 Å². The van der Waals surface area contributed by atoms with Crippen molar-refractivity contribution >= 4 is 52.2 Å². The van der Waals surface area contributed by atoms with Gasteiger partial charge in [0.15, 0.2) is 16.0 Å². The zero-order valence-electron chi connectivity index (χ0n) is 12.9. The van der Waals surface area contributed by atoms with Crippen LogP contribution >= 0.6 is 35.0 Å². The Bertz CT molecular complexity index is 1060. The molecule has 0 aliphatic heterocycles. The summed E-state index contributed by atoms with van der Waals surface area (Å²) in [6, 6.07) is 5.65. The van der Waals surface area contributed by atoms with Gasteiger partial charge in [0.05, 0.1) is 5.02 Å². The van der Waals surface area contributed by atoms with E-state index in [-0.39, 0.29) is 0 Å². The molecular weight excluding hydrogens is 381 g/mol. The van der Waals surface area contributed by atoms with Crippen LogP contribution in [0.3, 0.4) is 0 Å². The number of rotatable bonds is 4. The second-order valence-electron chi connectivity index (χ2n) is 5.11. The van der Waals surface area contributed by atoms with Gasteiger partial charge < -0.3 is 9.88 Å². The van der Waals surface area contributed by atoms with E-state index < -0.39 is 0 Å². The highest BCUT2D eigenvalue weighted by molar-refractivity contribution is 7.99. The average Bonchev–Trinajstić information content (AvgIpc) is 3.17. The molecule has 0 saturated heterocycles. The average molecular weight is 392 g/mol. The van der Waals surface area contributed by atoms with Crippen molar-refractivity contribution in [3.05, 3.63) is 53.2 Å². The summed E-state index contributed by atoms with van der Waals surface area (Å²) in [5.74, 6) is 0.412. The number of imidazole rings is 1. The van der Waals surface area contributed by atoms with Crippen molar-refractivity contribution in [2.75, 3.05) is 5.32 Å². The van der Waals surface area contributed by atoms with Crippen molar-refractivity contribution in [3.63, 3.8) is 0 Å². The van der Waals surface area contributed by atoms with Crippen LogP contribution in [0.25, 0.3) is 5.65 Å². The van der Waals surface area contributed by atoms with Crippen molar-refractivity contribution in [1.29, 1.82) is 0 Å². The SMILES string of the molecule is Cn1ccnc1Sc1ccc(Nc2nc3c(Cl)nccn3n2)cc1Cl. The largest absolute Gasteiger partial charge is 0.329 e. The fourth-order valence-electron chi connectivity index (χ4n) is 2.18. The van der Waals surface area contributed by atoms with Gasteiger partial charge in [-0.2, -0.15) is 4.98 Å². The van der Waals surface area contributed by atoms with Crippen LogP contribution in [0.1, 0.15) is 0 Å². The van der Waals surface area contributed by atoms with E-state index in [2.05, 4.69) is 25.4 Å². The molecule has 3 heterocycles. The van der Waals surface area contributed by atoms with E-state index in [1.165, 1.54) is 11.8 Å². The number of nitrogens with zero attached hydrogens (tertiary/aromatic N) is 6. The first-order valence-corrected chi connectivity index (χ1v) is 8.76. The molecule has 1 aromatic carbocycles. The standard InChI is InChI=1S/C15H11Cl2N7S/c1-23-6-4-19-15(23)25-11-3-2-9(8-10(11)16)20-14-21-13-12(17)18-5-7-24(13)22-14/h2-8H,1H3,(H,20,22). The van der Waals surface area contributed by atoms with Crippen molar-refractivity contribution < 1.29 is 0 Å². The Labute approximate surface area is 157 Å². The smallest absolute Gasteiger partial charge is 0.247 e. The van der Waals surface area contributed by atoms with Gasteiger partial charge in [0.2, 0.25) is 5.95 Å². The van der Waals surface area contributed by atoms with Gasteiger partial charge in [-0.25, -0.2) is 14.5 Å². The Morgan fingerprint density at radius 2 is 1.96 bits per heavy atom. The molecule has 0 bridgehead atoms. The first kappa shape index (κ1) is 16.2. The molecule has 25 heavy (non-hydrogen) atoms. The Morgan fingerprint density at radius 3 is 2.68 bits per heavy atom. The highest BCUT2D eigenvalue weighted by atomic mass is 35.5. The lowest BCUT2D eigenvalue weighted by atomic mass is 10.3. The summed E-state index contributed by atoms with van der Waals surface area (Å²) in [4.78, 5) is 13.5. The maximum absolute atomic E-state index is 6.39. The Balaban J connectivity index is 1.57. The third kappa shape index (κ3) is 3.28. The fourth-order valence-corrected chi connectivity index (χ4v) is 3.47. The van der Waals surface area contributed by atoms with Crippen molar-refractivity contribution in [3.8, 4) is 0 Å². The molecule has 3 aromatic heterocycles. The molecular formula is C15H11Cl2N7S. The second kappa shape index (κ2) is 6.55. The summed E-state index contributed by atoms with van der Waals surface area (Å²) in [5.41, 5.74) is 1.26. The summed E-state index contributed by atoms with van der Waals surface area (Å²) in [7, 11) is 1.94. The van der Waals surface area contributed by atoms with Crippen LogP contribution in [0.4, 0.5) is 11.6 Å². The van der Waals surface area contributed by atoms with Gasteiger partial charge in [0.1, 0.15) is 0 Å². The van der Waals surface area contributed by atoms with Gasteiger partial charge in [-0.05, 0) is 18.2 Å². The molecule has 0 saturated carbocycles. The maximum atomic E-state index is 6.39. The zero-order valence-corrected chi connectivity index (χ0v) is 15.2. The number of hydrogen-bond donors (Lipinski definition) is 1. The van der Waals surface area contributed by atoms with Gasteiger partial charge in [-0.15, -0.1) is 5.10 Å². The van der Waals surface area contributed by atoms with Crippen molar-refractivity contribution in [2.45, 2.75) is 10.1 Å². The van der Waals surface area contributed by atoms with Crippen molar-refractivity contribution in [1.82, 2.24) is 29.1 Å². The number of nitrogens with one attached hydrogen (secondary N) is 1. The first-order valence-electron chi connectivity index (χ1n) is 7.19.